The molecule has 39 heavy (non-hydrogen) atoms. The molecule has 0 aromatic heterocycles. The molecule has 1 amide bonds. The van der Waals surface area contributed by atoms with Crippen molar-refractivity contribution in [2.45, 2.75) is 4.90 Å². The Hall–Kier alpha value is -3.33. The number of halogens is 2. The van der Waals surface area contributed by atoms with E-state index in [-0.39, 0.29) is 18.3 Å². The number of benzene rings is 5. The van der Waals surface area contributed by atoms with Crippen molar-refractivity contribution < 1.29 is 17.2 Å². The fraction of sp³-hybridized carbons (Fsp3) is 0. The Balaban J connectivity index is 0.00000353. The van der Waals surface area contributed by atoms with Gasteiger partial charge in [0.15, 0.2) is 12.7 Å². The number of rotatable bonds is 8. The second-order valence-corrected chi connectivity index (χ2v) is 13.3. The van der Waals surface area contributed by atoms with Crippen molar-refractivity contribution in [3.05, 3.63) is 167 Å². The largest absolute Gasteiger partial charge is 1.00 e. The number of thioether (sulfide) groups is 1. The van der Waals surface area contributed by atoms with E-state index < -0.39 is 7.26 Å². The first-order valence-electron chi connectivity index (χ1n) is 12.2. The van der Waals surface area contributed by atoms with Gasteiger partial charge in [0.2, 0.25) is 0 Å². The maximum Gasteiger partial charge on any atom is 0.258 e. The van der Waals surface area contributed by atoms with E-state index in [1.54, 1.807) is 11.8 Å². The second-order valence-electron chi connectivity index (χ2n) is 8.57. The van der Waals surface area contributed by atoms with E-state index in [4.69, 9.17) is 11.6 Å². The van der Waals surface area contributed by atoms with Crippen LogP contribution in [0.5, 0.6) is 0 Å². The zero-order chi connectivity index (χ0) is 26.2. The SMILES string of the molecule is O=C(N/C(=C\Sc1ccc(Cl)cc1)[P+](c1ccccc1)(c1ccccc1)c1ccccc1)c1ccccc1.[Cl-]. The summed E-state index contributed by atoms with van der Waals surface area (Å²) in [5, 5.41) is 9.65. The molecule has 0 heterocycles. The van der Waals surface area contributed by atoms with Crippen LogP contribution in [0.4, 0.5) is 0 Å². The maximum absolute atomic E-state index is 13.7. The monoisotopic (exact) mass is 585 g/mol. The average molecular weight is 587 g/mol. The second kappa shape index (κ2) is 13.6. The lowest BCUT2D eigenvalue weighted by Gasteiger charge is -2.29. The van der Waals surface area contributed by atoms with E-state index in [1.807, 2.05) is 72.8 Å². The lowest BCUT2D eigenvalue weighted by molar-refractivity contribution is -0.0000154. The molecule has 6 heteroatoms. The highest BCUT2D eigenvalue weighted by molar-refractivity contribution is 8.04. The quantitative estimate of drug-likeness (QED) is 0.212. The van der Waals surface area contributed by atoms with Crippen LogP contribution in [0.2, 0.25) is 5.02 Å². The summed E-state index contributed by atoms with van der Waals surface area (Å²) in [5.74, 6) is -0.138. The molecule has 1 N–H and O–H groups in total. The number of carbonyl (C=O) groups excluding carboxylic acids is 1. The van der Waals surface area contributed by atoms with Crippen LogP contribution in [0.25, 0.3) is 0 Å². The molecule has 5 rings (SSSR count). The van der Waals surface area contributed by atoms with Gasteiger partial charge >= 0.3 is 0 Å². The Bertz CT molecular complexity index is 1420. The first-order valence-corrected chi connectivity index (χ1v) is 15.3. The summed E-state index contributed by atoms with van der Waals surface area (Å²) in [7, 11) is -2.50. The Labute approximate surface area is 245 Å². The van der Waals surface area contributed by atoms with E-state index in [2.05, 4.69) is 83.5 Å². The van der Waals surface area contributed by atoms with E-state index in [9.17, 15) is 4.79 Å². The predicted octanol–water partition coefficient (Wildman–Crippen LogP) is 4.66. The van der Waals surface area contributed by atoms with Gasteiger partial charge in [-0.2, -0.15) is 0 Å². The summed E-state index contributed by atoms with van der Waals surface area (Å²) in [5.41, 5.74) is 1.48. The smallest absolute Gasteiger partial charge is 0.258 e. The van der Waals surface area contributed by atoms with Crippen LogP contribution in [0, 0.1) is 0 Å². The van der Waals surface area contributed by atoms with Crippen molar-refractivity contribution in [2.75, 3.05) is 0 Å². The molecule has 5 aromatic carbocycles. The summed E-state index contributed by atoms with van der Waals surface area (Å²) >= 11 is 7.73. The fourth-order valence-electron chi connectivity index (χ4n) is 4.43. The number of amides is 1. The minimum atomic E-state index is -2.50. The molecule has 5 aromatic rings. The van der Waals surface area contributed by atoms with Gasteiger partial charge in [0.05, 0.1) is 0 Å². The molecular formula is C33H26Cl2NOPS. The summed E-state index contributed by atoms with van der Waals surface area (Å²) in [6.07, 6.45) is 0. The predicted molar refractivity (Wildman–Crippen MR) is 164 cm³/mol. The third kappa shape index (κ3) is 6.46. The van der Waals surface area contributed by atoms with Crippen molar-refractivity contribution in [2.24, 2.45) is 0 Å². The molecule has 0 aliphatic rings. The molecular weight excluding hydrogens is 560 g/mol. The molecule has 0 saturated carbocycles. The summed E-state index contributed by atoms with van der Waals surface area (Å²) in [4.78, 5) is 14.7. The zero-order valence-corrected chi connectivity index (χ0v) is 24.2. The van der Waals surface area contributed by atoms with Crippen LogP contribution in [0.1, 0.15) is 10.4 Å². The standard InChI is InChI=1S/C33H25ClNOPS.ClH/c34-27-21-23-31(24-22-27)38-25-32(35-33(36)26-13-5-1-6-14-26)37(28-15-7-2-8-16-28,29-17-9-3-10-18-29)30-19-11-4-12-20-30;/h1-25H;1H/b32-25+;. The van der Waals surface area contributed by atoms with E-state index in [0.717, 1.165) is 26.2 Å². The van der Waals surface area contributed by atoms with Crippen LogP contribution in [0.3, 0.4) is 0 Å². The Morgan fingerprint density at radius 1 is 0.615 bits per heavy atom. The van der Waals surface area contributed by atoms with E-state index in [1.165, 1.54) is 0 Å². The van der Waals surface area contributed by atoms with E-state index in [0.29, 0.717) is 10.6 Å². The van der Waals surface area contributed by atoms with Crippen molar-refractivity contribution in [3.8, 4) is 0 Å². The number of hydrogen-bond donors (Lipinski definition) is 1. The third-order valence-corrected chi connectivity index (χ3v) is 11.7. The Kier molecular flexibility index (Phi) is 10.0. The van der Waals surface area contributed by atoms with Crippen molar-refractivity contribution in [1.82, 2.24) is 5.32 Å². The van der Waals surface area contributed by atoms with Gasteiger partial charge in [-0.05, 0) is 72.8 Å². The highest BCUT2D eigenvalue weighted by Crippen LogP contribution is 2.62. The summed E-state index contributed by atoms with van der Waals surface area (Å²) in [6, 6.07) is 48.6. The van der Waals surface area contributed by atoms with Crippen LogP contribution in [0.15, 0.2) is 161 Å². The van der Waals surface area contributed by atoms with Gasteiger partial charge in [-0.3, -0.25) is 10.1 Å². The molecule has 0 saturated heterocycles. The van der Waals surface area contributed by atoms with Gasteiger partial charge in [-0.15, -0.1) is 0 Å². The van der Waals surface area contributed by atoms with Crippen molar-refractivity contribution in [3.63, 3.8) is 0 Å². The first kappa shape index (κ1) is 28.7. The third-order valence-electron chi connectivity index (χ3n) is 6.19. The molecule has 194 valence electrons. The molecule has 0 aliphatic heterocycles. The molecule has 0 aliphatic carbocycles. The summed E-state index contributed by atoms with van der Waals surface area (Å²) in [6.45, 7) is 0. The molecule has 0 fully saturated rings. The van der Waals surface area contributed by atoms with Crippen LogP contribution >= 0.6 is 30.6 Å². The summed E-state index contributed by atoms with van der Waals surface area (Å²) < 4.78 is 0. The molecule has 0 atom stereocenters. The molecule has 0 radical (unpaired) electrons. The Morgan fingerprint density at radius 2 is 1.03 bits per heavy atom. The highest BCUT2D eigenvalue weighted by Gasteiger charge is 2.50. The minimum Gasteiger partial charge on any atom is -1.00 e. The molecule has 0 spiro atoms. The lowest BCUT2D eigenvalue weighted by Crippen LogP contribution is -3.00. The number of hydrogen-bond acceptors (Lipinski definition) is 2. The fourth-order valence-corrected chi connectivity index (χ4v) is 9.80. The average Bonchev–Trinajstić information content (AvgIpc) is 2.99. The Morgan fingerprint density at radius 3 is 1.46 bits per heavy atom. The minimum absolute atomic E-state index is 0. The maximum atomic E-state index is 13.7. The van der Waals surface area contributed by atoms with Crippen molar-refractivity contribution in [1.29, 1.82) is 0 Å². The van der Waals surface area contributed by atoms with Crippen LogP contribution in [-0.4, -0.2) is 5.91 Å². The molecule has 0 unspecified atom stereocenters. The highest BCUT2D eigenvalue weighted by atomic mass is 35.5. The molecule has 2 nitrogen and oxygen atoms in total. The van der Waals surface area contributed by atoms with Crippen LogP contribution in [-0.2, 0) is 0 Å². The van der Waals surface area contributed by atoms with Gasteiger partial charge < -0.3 is 12.4 Å². The van der Waals surface area contributed by atoms with Gasteiger partial charge in [0.1, 0.15) is 15.9 Å². The van der Waals surface area contributed by atoms with Gasteiger partial charge in [0, 0.05) is 20.9 Å². The van der Waals surface area contributed by atoms with Gasteiger partial charge in [-0.1, -0.05) is 96.2 Å². The van der Waals surface area contributed by atoms with Gasteiger partial charge in [0.25, 0.3) is 5.91 Å². The molecule has 0 bridgehead atoms. The topological polar surface area (TPSA) is 29.1 Å². The normalized spacial score (nSPS) is 11.4. The first-order chi connectivity index (χ1) is 18.7. The van der Waals surface area contributed by atoms with E-state index >= 15 is 0 Å². The number of carbonyl (C=O) groups is 1. The van der Waals surface area contributed by atoms with Crippen molar-refractivity contribution >= 4 is 52.4 Å². The number of nitrogens with one attached hydrogen (secondary N) is 1. The lowest BCUT2D eigenvalue weighted by atomic mass is 10.2. The zero-order valence-electron chi connectivity index (χ0n) is 21.0. The van der Waals surface area contributed by atoms with Crippen LogP contribution < -0.4 is 33.6 Å². The van der Waals surface area contributed by atoms with Gasteiger partial charge in [-0.25, -0.2) is 0 Å².